The van der Waals surface area contributed by atoms with Gasteiger partial charge in [0.25, 0.3) is 0 Å². The summed E-state index contributed by atoms with van der Waals surface area (Å²) in [5.74, 6) is 2.23. The molecule has 4 aliphatic carbocycles. The highest BCUT2D eigenvalue weighted by Crippen LogP contribution is 2.55. The average molecular weight is 1160 g/mol. The van der Waals surface area contributed by atoms with Gasteiger partial charge in [-0.3, -0.25) is 0 Å². The fourth-order valence-corrected chi connectivity index (χ4v) is 15.6. The van der Waals surface area contributed by atoms with Gasteiger partial charge in [0.15, 0.2) is 0 Å². The summed E-state index contributed by atoms with van der Waals surface area (Å²) in [6, 6.07) is 52.1. The van der Waals surface area contributed by atoms with Crippen LogP contribution in [0.2, 0.25) is 0 Å². The second-order valence-corrected chi connectivity index (χ2v) is 31.7. The topological polar surface area (TPSA) is 6.48 Å². The Bertz CT molecular complexity index is 3430. The van der Waals surface area contributed by atoms with Gasteiger partial charge in [-0.15, -0.1) is 0 Å². The number of rotatable bonds is 13. The van der Waals surface area contributed by atoms with E-state index in [9.17, 15) is 0 Å². The van der Waals surface area contributed by atoms with E-state index in [1.54, 1.807) is 11.1 Å². The predicted molar refractivity (Wildman–Crippen MR) is 381 cm³/mol. The van der Waals surface area contributed by atoms with Crippen molar-refractivity contribution in [3.8, 4) is 0 Å². The lowest BCUT2D eigenvalue weighted by molar-refractivity contribution is 0.435. The van der Waals surface area contributed by atoms with Gasteiger partial charge in [0.2, 0.25) is 0 Å². The fraction of sp³-hybridized carbons (Fsp3) is 0.482. The highest BCUT2D eigenvalue weighted by atomic mass is 15.2. The average Bonchev–Trinajstić information content (AvgIpc) is 0.878. The van der Waals surface area contributed by atoms with E-state index in [-0.39, 0.29) is 21.7 Å². The van der Waals surface area contributed by atoms with Crippen molar-refractivity contribution in [1.29, 1.82) is 0 Å². The smallest absolute Gasteiger partial charge is 0.0616 e. The molecule has 0 spiro atoms. The maximum Gasteiger partial charge on any atom is 0.0616 e. The number of nitrogens with zero attached hydrogens (tertiary/aromatic N) is 2. The van der Waals surface area contributed by atoms with E-state index < -0.39 is 0 Å². The van der Waals surface area contributed by atoms with Crippen LogP contribution >= 0.6 is 0 Å². The number of hydrogen-bond acceptors (Lipinski definition) is 2. The molecule has 4 aliphatic rings. The Morgan fingerprint density at radius 1 is 0.368 bits per heavy atom. The molecule has 0 aliphatic heterocycles. The molecule has 11 rings (SSSR count). The first-order valence-electron chi connectivity index (χ1n) is 34.7. The van der Waals surface area contributed by atoms with Crippen LogP contribution in [-0.2, 0) is 21.7 Å². The van der Waals surface area contributed by atoms with Crippen molar-refractivity contribution in [1.82, 2.24) is 0 Å². The van der Waals surface area contributed by atoms with Gasteiger partial charge in [0.05, 0.1) is 11.4 Å². The van der Waals surface area contributed by atoms with Crippen molar-refractivity contribution >= 4 is 56.5 Å². The van der Waals surface area contributed by atoms with Gasteiger partial charge >= 0.3 is 0 Å². The van der Waals surface area contributed by atoms with E-state index in [1.807, 2.05) is 0 Å². The summed E-state index contributed by atoms with van der Waals surface area (Å²) in [5, 5.41) is 2.53. The highest BCUT2D eigenvalue weighted by molar-refractivity contribution is 6.13. The third kappa shape index (κ3) is 13.9. The van der Waals surface area contributed by atoms with Crippen LogP contribution in [0.3, 0.4) is 0 Å². The molecule has 7 aromatic rings. The second kappa shape index (κ2) is 25.8. The van der Waals surface area contributed by atoms with Crippen molar-refractivity contribution in [2.24, 2.45) is 0 Å². The van der Waals surface area contributed by atoms with Crippen LogP contribution in [0.25, 0.3) is 22.4 Å². The third-order valence-corrected chi connectivity index (χ3v) is 21.1. The lowest BCUT2D eigenvalue weighted by Crippen LogP contribution is -2.22. The second-order valence-electron chi connectivity index (χ2n) is 31.7. The predicted octanol–water partition coefficient (Wildman–Crippen LogP) is 26.2. The number of hydrogen-bond donors (Lipinski definition) is 0. The molecule has 458 valence electrons. The Labute approximate surface area is 528 Å². The normalized spacial score (nSPS) is 17.6. The van der Waals surface area contributed by atoms with Crippen LogP contribution in [-0.4, -0.2) is 0 Å². The maximum atomic E-state index is 4.65. The van der Waals surface area contributed by atoms with E-state index in [0.29, 0.717) is 23.7 Å². The van der Waals surface area contributed by atoms with Crippen molar-refractivity contribution < 1.29 is 0 Å². The van der Waals surface area contributed by atoms with Crippen LogP contribution in [0.4, 0.5) is 34.1 Å². The minimum Gasteiger partial charge on any atom is -0.310 e. The van der Waals surface area contributed by atoms with E-state index in [2.05, 4.69) is 246 Å². The zero-order valence-electron chi connectivity index (χ0n) is 56.3. The summed E-state index contributed by atoms with van der Waals surface area (Å²) in [6.45, 7) is 36.0. The van der Waals surface area contributed by atoms with Crippen molar-refractivity contribution in [3.05, 3.63) is 201 Å². The number of anilines is 6. The van der Waals surface area contributed by atoms with Crippen molar-refractivity contribution in [2.45, 2.75) is 264 Å². The first-order chi connectivity index (χ1) is 41.5. The summed E-state index contributed by atoms with van der Waals surface area (Å²) in [4.78, 5) is 5.57. The largest absolute Gasteiger partial charge is 0.310 e. The monoisotopic (exact) mass is 1160 g/mol. The fourth-order valence-electron chi connectivity index (χ4n) is 15.6. The molecule has 0 heterocycles. The van der Waals surface area contributed by atoms with E-state index in [1.165, 1.54) is 223 Å². The van der Waals surface area contributed by atoms with Crippen LogP contribution in [0.15, 0.2) is 140 Å². The third-order valence-electron chi connectivity index (χ3n) is 21.1. The van der Waals surface area contributed by atoms with Gasteiger partial charge in [-0.05, 0) is 219 Å². The molecular weight excluding hydrogens is 1050 g/mol. The summed E-state index contributed by atoms with van der Waals surface area (Å²) in [7, 11) is 0. The lowest BCUT2D eigenvalue weighted by Gasteiger charge is -2.37. The molecule has 0 saturated heterocycles. The van der Waals surface area contributed by atoms with Crippen LogP contribution in [0, 0.1) is 6.92 Å². The number of fused-ring (bicyclic) bond motifs is 1. The molecule has 2 nitrogen and oxygen atoms in total. The van der Waals surface area contributed by atoms with Crippen LogP contribution in [0.1, 0.15) is 296 Å². The Kier molecular flexibility index (Phi) is 18.5. The quantitative estimate of drug-likeness (QED) is 0.0839. The highest BCUT2D eigenvalue weighted by Gasteiger charge is 2.34. The van der Waals surface area contributed by atoms with E-state index in [4.69, 9.17) is 0 Å². The number of allylic oxidation sites excluding steroid dienone is 2. The van der Waals surface area contributed by atoms with Gasteiger partial charge in [-0.2, -0.15) is 0 Å². The van der Waals surface area contributed by atoms with Gasteiger partial charge in [-0.1, -0.05) is 252 Å². The maximum absolute atomic E-state index is 4.65. The molecule has 0 aromatic heterocycles. The van der Waals surface area contributed by atoms with E-state index >= 15 is 0 Å². The van der Waals surface area contributed by atoms with Gasteiger partial charge in [-0.25, -0.2) is 0 Å². The molecule has 2 heteroatoms. The molecule has 0 radical (unpaired) electrons. The Balaban J connectivity index is 1.32. The van der Waals surface area contributed by atoms with Crippen LogP contribution in [0.5, 0.6) is 0 Å². The zero-order chi connectivity index (χ0) is 61.4. The standard InChI is InChI=1S/C85H108N2/c1-15-59(60-33-21-16-22-34-60)51-79-58(2)80(86(75-54-69(82(3,4)5)52-70(55-75)83(6,7)8)73-47-65(61-35-23-17-24-36-61)45-66(48-73)62-37-25-18-26-38-62)77-43-31-32-44-78(77)81(79)87(76-56-71(84(9,10)11)53-72(57-76)85(12,13)14)74-49-67(63-39-27-19-28-40-63)46-68(50-74)64-41-29-20-30-42-64/h15-16,21-22,31-34,43-57,61-64H,1,17-20,23-30,35-42H2,2-14H3/b59-51+. The molecular formula is C85H108N2. The Morgan fingerprint density at radius 2 is 0.667 bits per heavy atom. The zero-order valence-corrected chi connectivity index (χ0v) is 56.3. The molecule has 0 unspecified atom stereocenters. The molecule has 0 amide bonds. The summed E-state index contributed by atoms with van der Waals surface area (Å²) < 4.78 is 0. The minimum absolute atomic E-state index is 0.0844. The SMILES string of the molecule is C=C/C(=C\c1c(C)c(N(c2cc(C3CCCCC3)cc(C3CCCCC3)c2)c2cc(C(C)(C)C)cc(C(C)(C)C)c2)c2ccccc2c1N(c1cc(C2CCCCC2)cc(C2CCCCC2)c1)c1cc(C(C)(C)C)cc(C(C)(C)C)c1)c1ccccc1. The minimum atomic E-state index is -0.0938. The molecule has 0 N–H and O–H groups in total. The van der Waals surface area contributed by atoms with Gasteiger partial charge in [0, 0.05) is 39.1 Å². The molecule has 4 fully saturated rings. The molecule has 4 saturated carbocycles. The summed E-state index contributed by atoms with van der Waals surface area (Å²) >= 11 is 0. The Morgan fingerprint density at radius 3 is 0.989 bits per heavy atom. The first kappa shape index (κ1) is 62.5. The number of benzene rings is 7. The molecule has 7 aromatic carbocycles. The lowest BCUT2D eigenvalue weighted by atomic mass is 9.79. The molecule has 0 atom stereocenters. The van der Waals surface area contributed by atoms with Gasteiger partial charge in [0.1, 0.15) is 0 Å². The van der Waals surface area contributed by atoms with Crippen molar-refractivity contribution in [3.63, 3.8) is 0 Å². The Hall–Kier alpha value is -6.12. The van der Waals surface area contributed by atoms with Gasteiger partial charge < -0.3 is 9.80 Å². The van der Waals surface area contributed by atoms with Crippen LogP contribution < -0.4 is 9.80 Å². The van der Waals surface area contributed by atoms with E-state index in [0.717, 1.165) is 5.57 Å². The first-order valence-corrected chi connectivity index (χ1v) is 34.7. The molecule has 0 bridgehead atoms. The summed E-state index contributed by atoms with van der Waals surface area (Å²) in [6.07, 6.45) is 30.6. The molecule has 87 heavy (non-hydrogen) atoms. The van der Waals surface area contributed by atoms with Crippen molar-refractivity contribution in [2.75, 3.05) is 9.80 Å². The summed E-state index contributed by atoms with van der Waals surface area (Å²) in [5.41, 5.74) is 23.6.